The van der Waals surface area contributed by atoms with Gasteiger partial charge in [-0.2, -0.15) is 0 Å². The summed E-state index contributed by atoms with van der Waals surface area (Å²) >= 11 is 0. The Labute approximate surface area is 137 Å². The molecule has 1 unspecified atom stereocenters. The lowest BCUT2D eigenvalue weighted by molar-refractivity contribution is 0.0195. The van der Waals surface area contributed by atoms with Gasteiger partial charge in [-0.15, -0.1) is 0 Å². The average molecular weight is 316 g/mol. The van der Waals surface area contributed by atoms with Crippen LogP contribution in [0.3, 0.4) is 0 Å². The third-order valence-electron chi connectivity index (χ3n) is 3.64. The third-order valence-corrected chi connectivity index (χ3v) is 3.64. The second-order valence-electron chi connectivity index (χ2n) is 5.38. The largest absolute Gasteiger partial charge is 0.461 e. The molecule has 1 aromatic carbocycles. The van der Waals surface area contributed by atoms with Gasteiger partial charge in [-0.3, -0.25) is 4.57 Å². The van der Waals surface area contributed by atoms with Crippen LogP contribution in [0.4, 0.5) is 0 Å². The molecule has 0 saturated heterocycles. The SMILES string of the molecule is CCOC(=O)c1c(C)nc(-c2ccc(C)cc2)n1C(C)OCC. The van der Waals surface area contributed by atoms with E-state index in [-0.39, 0.29) is 12.2 Å². The van der Waals surface area contributed by atoms with Crippen LogP contribution in [0.5, 0.6) is 0 Å². The van der Waals surface area contributed by atoms with E-state index in [9.17, 15) is 4.79 Å². The molecule has 0 aliphatic rings. The van der Waals surface area contributed by atoms with Crippen LogP contribution in [-0.4, -0.2) is 28.7 Å². The highest BCUT2D eigenvalue weighted by molar-refractivity contribution is 5.90. The summed E-state index contributed by atoms with van der Waals surface area (Å²) in [6.45, 7) is 10.4. The molecule has 23 heavy (non-hydrogen) atoms. The molecule has 0 radical (unpaired) electrons. The van der Waals surface area contributed by atoms with E-state index in [0.717, 1.165) is 5.56 Å². The molecule has 0 aliphatic heterocycles. The van der Waals surface area contributed by atoms with Gasteiger partial charge in [0.1, 0.15) is 12.1 Å². The maximum atomic E-state index is 12.4. The van der Waals surface area contributed by atoms with Crippen LogP contribution >= 0.6 is 0 Å². The maximum Gasteiger partial charge on any atom is 0.356 e. The first kappa shape index (κ1) is 17.2. The zero-order valence-corrected chi connectivity index (χ0v) is 14.4. The lowest BCUT2D eigenvalue weighted by atomic mass is 10.1. The molecule has 1 heterocycles. The summed E-state index contributed by atoms with van der Waals surface area (Å²) in [4.78, 5) is 17.0. The molecule has 5 nitrogen and oxygen atoms in total. The number of hydrogen-bond donors (Lipinski definition) is 0. The Balaban J connectivity index is 2.59. The zero-order valence-electron chi connectivity index (χ0n) is 14.4. The van der Waals surface area contributed by atoms with Gasteiger partial charge in [0.25, 0.3) is 0 Å². The first-order valence-electron chi connectivity index (χ1n) is 7.94. The van der Waals surface area contributed by atoms with Crippen molar-refractivity contribution in [2.24, 2.45) is 0 Å². The summed E-state index contributed by atoms with van der Waals surface area (Å²) in [5.74, 6) is 0.342. The van der Waals surface area contributed by atoms with Crippen LogP contribution in [0.2, 0.25) is 0 Å². The molecule has 1 atom stereocenters. The van der Waals surface area contributed by atoms with Gasteiger partial charge in [0.2, 0.25) is 0 Å². The van der Waals surface area contributed by atoms with Crippen molar-refractivity contribution in [1.29, 1.82) is 0 Å². The van der Waals surface area contributed by atoms with Crippen molar-refractivity contribution in [2.75, 3.05) is 13.2 Å². The van der Waals surface area contributed by atoms with Crippen molar-refractivity contribution in [1.82, 2.24) is 9.55 Å². The molecule has 124 valence electrons. The van der Waals surface area contributed by atoms with Crippen molar-refractivity contribution < 1.29 is 14.3 Å². The summed E-state index contributed by atoms with van der Waals surface area (Å²) in [5.41, 5.74) is 3.21. The Morgan fingerprint density at radius 2 is 1.83 bits per heavy atom. The number of esters is 1. The topological polar surface area (TPSA) is 53.3 Å². The smallest absolute Gasteiger partial charge is 0.356 e. The van der Waals surface area contributed by atoms with Crippen molar-refractivity contribution in [3.63, 3.8) is 0 Å². The third kappa shape index (κ3) is 3.62. The number of aromatic nitrogens is 2. The van der Waals surface area contributed by atoms with E-state index in [1.54, 1.807) is 6.92 Å². The highest BCUT2D eigenvalue weighted by atomic mass is 16.5. The van der Waals surface area contributed by atoms with Crippen LogP contribution in [0.25, 0.3) is 11.4 Å². The Bertz CT molecular complexity index is 674. The highest BCUT2D eigenvalue weighted by Gasteiger charge is 2.25. The summed E-state index contributed by atoms with van der Waals surface area (Å²) in [6, 6.07) is 8.06. The number of benzene rings is 1. The molecular weight excluding hydrogens is 292 g/mol. The lowest BCUT2D eigenvalue weighted by Gasteiger charge is -2.19. The van der Waals surface area contributed by atoms with Crippen LogP contribution in [-0.2, 0) is 9.47 Å². The Morgan fingerprint density at radius 3 is 2.39 bits per heavy atom. The lowest BCUT2D eigenvalue weighted by Crippen LogP contribution is -2.19. The number of carbonyl (C=O) groups excluding carboxylic acids is 1. The first-order valence-corrected chi connectivity index (χ1v) is 7.94. The molecular formula is C18H24N2O3. The minimum Gasteiger partial charge on any atom is -0.461 e. The van der Waals surface area contributed by atoms with Gasteiger partial charge in [-0.25, -0.2) is 9.78 Å². The number of hydrogen-bond acceptors (Lipinski definition) is 4. The molecule has 0 amide bonds. The van der Waals surface area contributed by atoms with Gasteiger partial charge in [-0.05, 0) is 34.6 Å². The van der Waals surface area contributed by atoms with Crippen molar-refractivity contribution in [3.05, 3.63) is 41.2 Å². The highest BCUT2D eigenvalue weighted by Crippen LogP contribution is 2.27. The van der Waals surface area contributed by atoms with E-state index in [4.69, 9.17) is 9.47 Å². The van der Waals surface area contributed by atoms with Crippen molar-refractivity contribution in [3.8, 4) is 11.4 Å². The minimum atomic E-state index is -0.373. The van der Waals surface area contributed by atoms with Gasteiger partial charge in [-0.1, -0.05) is 29.8 Å². The molecule has 0 aliphatic carbocycles. The van der Waals surface area contributed by atoms with Crippen LogP contribution in [0.15, 0.2) is 24.3 Å². The summed E-state index contributed by atoms with van der Waals surface area (Å²) < 4.78 is 12.7. The van der Waals surface area contributed by atoms with Crippen molar-refractivity contribution in [2.45, 2.75) is 40.8 Å². The van der Waals surface area contributed by atoms with E-state index < -0.39 is 0 Å². The minimum absolute atomic E-state index is 0.308. The molecule has 0 fully saturated rings. The number of aryl methyl sites for hydroxylation is 2. The first-order chi connectivity index (χ1) is 11.0. The molecule has 1 aromatic heterocycles. The fourth-order valence-corrected chi connectivity index (χ4v) is 2.57. The summed E-state index contributed by atoms with van der Waals surface area (Å²) in [5, 5.41) is 0. The van der Waals surface area contributed by atoms with Crippen molar-refractivity contribution >= 4 is 5.97 Å². The molecule has 2 rings (SSSR count). The second kappa shape index (κ2) is 7.42. The molecule has 0 N–H and O–H groups in total. The van der Waals surface area contributed by atoms with Gasteiger partial charge < -0.3 is 9.47 Å². The Hall–Kier alpha value is -2.14. The predicted molar refractivity (Wildman–Crippen MR) is 89.4 cm³/mol. The number of carbonyl (C=O) groups is 1. The number of imidazole rings is 1. The number of ether oxygens (including phenoxy) is 2. The Kier molecular flexibility index (Phi) is 5.55. The van der Waals surface area contributed by atoms with Crippen LogP contribution < -0.4 is 0 Å². The summed E-state index contributed by atoms with van der Waals surface area (Å²) in [6.07, 6.45) is -0.308. The second-order valence-corrected chi connectivity index (χ2v) is 5.38. The van der Waals surface area contributed by atoms with E-state index in [1.165, 1.54) is 5.56 Å². The zero-order chi connectivity index (χ0) is 17.0. The van der Waals surface area contributed by atoms with Gasteiger partial charge >= 0.3 is 5.97 Å². The molecule has 0 saturated carbocycles. The van der Waals surface area contributed by atoms with Crippen LogP contribution in [0.1, 0.15) is 48.7 Å². The Morgan fingerprint density at radius 1 is 1.17 bits per heavy atom. The van der Waals surface area contributed by atoms with E-state index in [0.29, 0.717) is 30.4 Å². The van der Waals surface area contributed by atoms with Crippen LogP contribution in [0, 0.1) is 13.8 Å². The van der Waals surface area contributed by atoms with Gasteiger partial charge in [0.05, 0.1) is 12.3 Å². The number of rotatable bonds is 6. The molecule has 0 spiro atoms. The van der Waals surface area contributed by atoms with E-state index >= 15 is 0 Å². The van der Waals surface area contributed by atoms with E-state index in [2.05, 4.69) is 4.98 Å². The normalized spacial score (nSPS) is 12.2. The monoisotopic (exact) mass is 316 g/mol. The van der Waals surface area contributed by atoms with Gasteiger partial charge in [0, 0.05) is 12.2 Å². The quantitative estimate of drug-likeness (QED) is 0.759. The molecule has 0 bridgehead atoms. The number of nitrogens with zero attached hydrogens (tertiary/aromatic N) is 2. The predicted octanol–water partition coefficient (Wildman–Crippen LogP) is 3.90. The standard InChI is InChI=1S/C18H24N2O3/c1-6-22-14(5)20-16(18(21)23-7-2)13(4)19-17(20)15-10-8-12(3)9-11-15/h8-11,14H,6-7H2,1-5H3. The average Bonchev–Trinajstić information content (AvgIpc) is 2.86. The van der Waals surface area contributed by atoms with Gasteiger partial charge in [0.15, 0.2) is 5.69 Å². The molecule has 5 heteroatoms. The maximum absolute atomic E-state index is 12.4. The van der Waals surface area contributed by atoms with E-state index in [1.807, 2.05) is 56.5 Å². The summed E-state index contributed by atoms with van der Waals surface area (Å²) in [7, 11) is 0. The fourth-order valence-electron chi connectivity index (χ4n) is 2.57. The fraction of sp³-hybridized carbons (Fsp3) is 0.444. The molecule has 2 aromatic rings.